The number of benzene rings is 1. The molecule has 1 aromatic heterocycles. The Labute approximate surface area is 118 Å². The van der Waals surface area contributed by atoms with Crippen LogP contribution in [0.5, 0.6) is 0 Å². The summed E-state index contributed by atoms with van der Waals surface area (Å²) < 4.78 is 1.53. The second kappa shape index (κ2) is 5.77. The first-order chi connectivity index (χ1) is 9.45. The highest BCUT2D eigenvalue weighted by Crippen LogP contribution is 2.22. The van der Waals surface area contributed by atoms with Crippen LogP contribution in [0.3, 0.4) is 0 Å². The minimum absolute atomic E-state index is 0.0968. The summed E-state index contributed by atoms with van der Waals surface area (Å²) in [4.78, 5) is 10.8. The van der Waals surface area contributed by atoms with E-state index >= 15 is 0 Å². The van der Waals surface area contributed by atoms with Gasteiger partial charge in [-0.25, -0.2) is 0 Å². The van der Waals surface area contributed by atoms with Crippen molar-refractivity contribution in [1.82, 2.24) is 9.78 Å². The topological polar surface area (TPSA) is 72.9 Å². The molecule has 0 aliphatic heterocycles. The van der Waals surface area contributed by atoms with Crippen LogP contribution in [0.25, 0.3) is 0 Å². The summed E-state index contributed by atoms with van der Waals surface area (Å²) in [6.07, 6.45) is 3.48. The van der Waals surface area contributed by atoms with Gasteiger partial charge in [0.05, 0.1) is 11.9 Å². The number of carbonyl (C=O) groups excluding carboxylic acids is 1. The van der Waals surface area contributed by atoms with E-state index in [2.05, 4.69) is 49.4 Å². The van der Waals surface area contributed by atoms with Crippen molar-refractivity contribution in [2.45, 2.75) is 33.4 Å². The third-order valence-corrected chi connectivity index (χ3v) is 3.23. The van der Waals surface area contributed by atoms with Gasteiger partial charge in [-0.15, -0.1) is 0 Å². The molecule has 5 nitrogen and oxygen atoms in total. The highest BCUT2D eigenvalue weighted by Gasteiger charge is 2.10. The van der Waals surface area contributed by atoms with E-state index in [0.29, 0.717) is 0 Å². The molecule has 2 rings (SSSR count). The first-order valence-corrected chi connectivity index (χ1v) is 6.60. The van der Waals surface area contributed by atoms with Crippen molar-refractivity contribution in [3.05, 3.63) is 47.3 Å². The summed E-state index contributed by atoms with van der Waals surface area (Å²) in [5.74, 6) is -0.401. The standard InChI is InChI=1S/C15H20N4O/c1-10-4-5-14(11(2)6-10)12(3)18-13-7-17-19(8-13)9-15(16)20/h4-8,12,18H,9H2,1-3H3,(H2,16,20). The zero-order valence-electron chi connectivity index (χ0n) is 12.1. The van der Waals surface area contributed by atoms with Gasteiger partial charge in [-0.3, -0.25) is 9.48 Å². The summed E-state index contributed by atoms with van der Waals surface area (Å²) in [5.41, 5.74) is 9.78. The van der Waals surface area contributed by atoms with Gasteiger partial charge in [0.2, 0.25) is 5.91 Å². The van der Waals surface area contributed by atoms with Crippen LogP contribution in [-0.2, 0) is 11.3 Å². The second-order valence-corrected chi connectivity index (χ2v) is 5.12. The summed E-state index contributed by atoms with van der Waals surface area (Å²) in [7, 11) is 0. The maximum absolute atomic E-state index is 10.8. The molecule has 1 unspecified atom stereocenters. The Bertz CT molecular complexity index is 618. The van der Waals surface area contributed by atoms with Crippen molar-refractivity contribution in [3.8, 4) is 0 Å². The number of nitrogens with zero attached hydrogens (tertiary/aromatic N) is 2. The molecule has 0 saturated heterocycles. The van der Waals surface area contributed by atoms with Gasteiger partial charge in [0, 0.05) is 12.2 Å². The molecule has 106 valence electrons. The quantitative estimate of drug-likeness (QED) is 0.876. The molecule has 0 aliphatic carbocycles. The van der Waals surface area contributed by atoms with Crippen molar-refractivity contribution < 1.29 is 4.79 Å². The fraction of sp³-hybridized carbons (Fsp3) is 0.333. The minimum atomic E-state index is -0.401. The molecular formula is C15H20N4O. The zero-order valence-corrected chi connectivity index (χ0v) is 12.1. The van der Waals surface area contributed by atoms with Gasteiger partial charge >= 0.3 is 0 Å². The van der Waals surface area contributed by atoms with E-state index in [1.807, 2.05) is 0 Å². The predicted molar refractivity (Wildman–Crippen MR) is 79.4 cm³/mol. The number of rotatable bonds is 5. The molecular weight excluding hydrogens is 252 g/mol. The maximum atomic E-state index is 10.8. The lowest BCUT2D eigenvalue weighted by Crippen LogP contribution is -2.18. The van der Waals surface area contributed by atoms with Crippen LogP contribution in [-0.4, -0.2) is 15.7 Å². The summed E-state index contributed by atoms with van der Waals surface area (Å²) >= 11 is 0. The highest BCUT2D eigenvalue weighted by molar-refractivity contribution is 5.73. The average Bonchev–Trinajstić information content (AvgIpc) is 2.75. The van der Waals surface area contributed by atoms with Gasteiger partial charge in [0.25, 0.3) is 0 Å². The van der Waals surface area contributed by atoms with Crippen LogP contribution in [0.2, 0.25) is 0 Å². The number of nitrogens with two attached hydrogens (primary N) is 1. The van der Waals surface area contributed by atoms with Crippen LogP contribution in [0.4, 0.5) is 5.69 Å². The molecule has 1 aromatic carbocycles. The summed E-state index contributed by atoms with van der Waals surface area (Å²) in [6, 6.07) is 6.58. The molecule has 1 heterocycles. The number of aromatic nitrogens is 2. The Kier molecular flexibility index (Phi) is 4.08. The normalized spacial score (nSPS) is 12.2. The average molecular weight is 272 g/mol. The third kappa shape index (κ3) is 3.38. The smallest absolute Gasteiger partial charge is 0.239 e. The molecule has 1 atom stereocenters. The maximum Gasteiger partial charge on any atom is 0.239 e. The predicted octanol–water partition coefficient (Wildman–Crippen LogP) is 2.16. The summed E-state index contributed by atoms with van der Waals surface area (Å²) in [6.45, 7) is 6.39. The van der Waals surface area contributed by atoms with Crippen molar-refractivity contribution in [1.29, 1.82) is 0 Å². The lowest BCUT2D eigenvalue weighted by Gasteiger charge is -2.17. The number of hydrogen-bond donors (Lipinski definition) is 2. The van der Waals surface area contributed by atoms with Crippen molar-refractivity contribution in [3.63, 3.8) is 0 Å². The number of hydrogen-bond acceptors (Lipinski definition) is 3. The molecule has 0 aliphatic rings. The van der Waals surface area contributed by atoms with E-state index in [0.717, 1.165) is 5.69 Å². The Balaban J connectivity index is 2.09. The van der Waals surface area contributed by atoms with Crippen LogP contribution < -0.4 is 11.1 Å². The number of primary amides is 1. The number of anilines is 1. The van der Waals surface area contributed by atoms with Gasteiger partial charge in [0.15, 0.2) is 0 Å². The second-order valence-electron chi connectivity index (χ2n) is 5.12. The van der Waals surface area contributed by atoms with Gasteiger partial charge < -0.3 is 11.1 Å². The van der Waals surface area contributed by atoms with E-state index in [1.54, 1.807) is 12.4 Å². The third-order valence-electron chi connectivity index (χ3n) is 3.23. The molecule has 5 heteroatoms. The molecule has 0 radical (unpaired) electrons. The number of aryl methyl sites for hydroxylation is 2. The van der Waals surface area contributed by atoms with Gasteiger partial charge in [0.1, 0.15) is 6.54 Å². The molecule has 1 amide bonds. The van der Waals surface area contributed by atoms with Crippen molar-refractivity contribution in [2.24, 2.45) is 5.73 Å². The number of amides is 1. The van der Waals surface area contributed by atoms with Gasteiger partial charge in [-0.1, -0.05) is 23.8 Å². The number of carbonyl (C=O) groups is 1. The number of nitrogens with one attached hydrogen (secondary N) is 1. The van der Waals surface area contributed by atoms with E-state index in [1.165, 1.54) is 21.4 Å². The minimum Gasteiger partial charge on any atom is -0.376 e. The molecule has 3 N–H and O–H groups in total. The van der Waals surface area contributed by atoms with Crippen LogP contribution in [0, 0.1) is 13.8 Å². The lowest BCUT2D eigenvalue weighted by atomic mass is 10.0. The van der Waals surface area contributed by atoms with E-state index in [9.17, 15) is 4.79 Å². The largest absolute Gasteiger partial charge is 0.376 e. The Morgan fingerprint density at radius 1 is 1.45 bits per heavy atom. The van der Waals surface area contributed by atoms with Crippen LogP contribution >= 0.6 is 0 Å². The lowest BCUT2D eigenvalue weighted by molar-refractivity contribution is -0.118. The van der Waals surface area contributed by atoms with E-state index < -0.39 is 5.91 Å². The first-order valence-electron chi connectivity index (χ1n) is 6.60. The zero-order chi connectivity index (χ0) is 14.7. The van der Waals surface area contributed by atoms with Gasteiger partial charge in [-0.05, 0) is 31.9 Å². The van der Waals surface area contributed by atoms with E-state index in [4.69, 9.17) is 5.73 Å². The summed E-state index contributed by atoms with van der Waals surface area (Å²) in [5, 5.41) is 7.47. The molecule has 20 heavy (non-hydrogen) atoms. The molecule has 0 fully saturated rings. The Morgan fingerprint density at radius 3 is 2.85 bits per heavy atom. The first kappa shape index (κ1) is 14.1. The Hall–Kier alpha value is -2.30. The molecule has 0 bridgehead atoms. The van der Waals surface area contributed by atoms with E-state index in [-0.39, 0.29) is 12.6 Å². The van der Waals surface area contributed by atoms with Crippen molar-refractivity contribution >= 4 is 11.6 Å². The molecule has 0 spiro atoms. The van der Waals surface area contributed by atoms with Crippen LogP contribution in [0.1, 0.15) is 29.7 Å². The SMILES string of the molecule is Cc1ccc(C(C)Nc2cnn(CC(N)=O)c2)c(C)c1. The monoisotopic (exact) mass is 272 g/mol. The molecule has 0 saturated carbocycles. The fourth-order valence-corrected chi connectivity index (χ4v) is 2.32. The fourth-order valence-electron chi connectivity index (χ4n) is 2.32. The highest BCUT2D eigenvalue weighted by atomic mass is 16.1. The molecule has 2 aromatic rings. The van der Waals surface area contributed by atoms with Crippen LogP contribution in [0.15, 0.2) is 30.6 Å². The van der Waals surface area contributed by atoms with Crippen molar-refractivity contribution in [2.75, 3.05) is 5.32 Å². The Morgan fingerprint density at radius 2 is 2.20 bits per heavy atom. The van der Waals surface area contributed by atoms with Gasteiger partial charge in [-0.2, -0.15) is 5.10 Å².